The standard InChI is InChI=1S/C21H28Se/c1-3-5-7-19-10-14-21(15-11-19)17-22-16-20-12-8-18(6-4-2)9-13-20/h8-15H,3-7,16-17H2,1-2H3. The fourth-order valence-electron chi connectivity index (χ4n) is 2.56. The second-order valence-electron chi connectivity index (χ2n) is 5.98. The van der Waals surface area contributed by atoms with Gasteiger partial charge in [-0.2, -0.15) is 0 Å². The first kappa shape index (κ1) is 17.3. The Labute approximate surface area is 142 Å². The predicted octanol–water partition coefficient (Wildman–Crippen LogP) is 5.39. The van der Waals surface area contributed by atoms with Crippen LogP contribution >= 0.6 is 0 Å². The molecule has 2 aromatic rings. The molecule has 2 rings (SSSR count). The van der Waals surface area contributed by atoms with Crippen molar-refractivity contribution < 1.29 is 0 Å². The molecular weight excluding hydrogens is 331 g/mol. The SMILES string of the molecule is CCCCc1ccc(C[Se]Cc2ccc(CCC)cc2)cc1. The van der Waals surface area contributed by atoms with E-state index in [1.807, 2.05) is 0 Å². The van der Waals surface area contributed by atoms with Crippen LogP contribution in [0.1, 0.15) is 55.4 Å². The molecule has 0 nitrogen and oxygen atoms in total. The summed E-state index contributed by atoms with van der Waals surface area (Å²) < 4.78 is 0. The van der Waals surface area contributed by atoms with Gasteiger partial charge in [0.2, 0.25) is 0 Å². The Morgan fingerprint density at radius 2 is 1.05 bits per heavy atom. The van der Waals surface area contributed by atoms with E-state index in [2.05, 4.69) is 62.4 Å². The molecule has 0 radical (unpaired) electrons. The van der Waals surface area contributed by atoms with Crippen molar-refractivity contribution in [3.05, 3.63) is 70.8 Å². The molecule has 0 unspecified atom stereocenters. The summed E-state index contributed by atoms with van der Waals surface area (Å²) in [6, 6.07) is 18.5. The van der Waals surface area contributed by atoms with E-state index in [1.165, 1.54) is 65.0 Å². The molecular formula is C21H28Se. The van der Waals surface area contributed by atoms with E-state index >= 15 is 0 Å². The minimum atomic E-state index is 0.664. The van der Waals surface area contributed by atoms with Crippen LogP contribution in [0.3, 0.4) is 0 Å². The second kappa shape index (κ2) is 9.87. The summed E-state index contributed by atoms with van der Waals surface area (Å²) >= 11 is 0.664. The van der Waals surface area contributed by atoms with Gasteiger partial charge in [-0.15, -0.1) is 0 Å². The van der Waals surface area contributed by atoms with Crippen molar-refractivity contribution >= 4 is 15.0 Å². The van der Waals surface area contributed by atoms with Crippen molar-refractivity contribution in [3.8, 4) is 0 Å². The third kappa shape index (κ3) is 5.99. The predicted molar refractivity (Wildman–Crippen MR) is 98.7 cm³/mol. The van der Waals surface area contributed by atoms with Gasteiger partial charge in [-0.25, -0.2) is 0 Å². The van der Waals surface area contributed by atoms with Crippen LogP contribution in [-0.2, 0) is 23.5 Å². The van der Waals surface area contributed by atoms with Crippen molar-refractivity contribution in [2.45, 2.75) is 56.6 Å². The van der Waals surface area contributed by atoms with E-state index in [4.69, 9.17) is 0 Å². The summed E-state index contributed by atoms with van der Waals surface area (Å²) in [5, 5.41) is 2.49. The van der Waals surface area contributed by atoms with Crippen molar-refractivity contribution in [1.29, 1.82) is 0 Å². The first-order chi connectivity index (χ1) is 10.8. The van der Waals surface area contributed by atoms with Crippen LogP contribution in [0.2, 0.25) is 0 Å². The van der Waals surface area contributed by atoms with E-state index in [9.17, 15) is 0 Å². The zero-order valence-electron chi connectivity index (χ0n) is 14.0. The summed E-state index contributed by atoms with van der Waals surface area (Å²) in [6.07, 6.45) is 6.25. The molecule has 0 heterocycles. The van der Waals surface area contributed by atoms with Gasteiger partial charge in [-0.1, -0.05) is 0 Å². The fraction of sp³-hybridized carbons (Fsp3) is 0.429. The van der Waals surface area contributed by atoms with Crippen LogP contribution in [0.4, 0.5) is 0 Å². The van der Waals surface area contributed by atoms with E-state index in [0.29, 0.717) is 15.0 Å². The van der Waals surface area contributed by atoms with Crippen molar-refractivity contribution in [1.82, 2.24) is 0 Å². The van der Waals surface area contributed by atoms with Crippen LogP contribution < -0.4 is 0 Å². The van der Waals surface area contributed by atoms with Crippen LogP contribution in [0.5, 0.6) is 0 Å². The van der Waals surface area contributed by atoms with E-state index < -0.39 is 0 Å². The van der Waals surface area contributed by atoms with Gasteiger partial charge < -0.3 is 0 Å². The summed E-state index contributed by atoms with van der Waals surface area (Å²) in [6.45, 7) is 4.50. The molecule has 0 bridgehead atoms. The first-order valence-electron chi connectivity index (χ1n) is 8.55. The molecule has 0 aliphatic rings. The number of unbranched alkanes of at least 4 members (excludes halogenated alkanes) is 1. The Bertz CT molecular complexity index is 525. The quantitative estimate of drug-likeness (QED) is 0.527. The van der Waals surface area contributed by atoms with Crippen molar-refractivity contribution in [2.75, 3.05) is 0 Å². The third-order valence-corrected chi connectivity index (χ3v) is 6.20. The Kier molecular flexibility index (Phi) is 7.77. The zero-order chi connectivity index (χ0) is 15.6. The summed E-state index contributed by atoms with van der Waals surface area (Å²) in [7, 11) is 0. The molecule has 0 aliphatic carbocycles. The summed E-state index contributed by atoms with van der Waals surface area (Å²) in [5.74, 6) is 0. The van der Waals surface area contributed by atoms with Gasteiger partial charge in [0, 0.05) is 0 Å². The molecule has 0 fully saturated rings. The second-order valence-corrected chi connectivity index (χ2v) is 8.05. The van der Waals surface area contributed by atoms with Gasteiger partial charge >= 0.3 is 142 Å². The Morgan fingerprint density at radius 3 is 1.50 bits per heavy atom. The van der Waals surface area contributed by atoms with Gasteiger partial charge in [0.25, 0.3) is 0 Å². The van der Waals surface area contributed by atoms with E-state index in [1.54, 1.807) is 0 Å². The molecule has 0 aromatic heterocycles. The molecule has 1 heteroatoms. The fourth-order valence-corrected chi connectivity index (χ4v) is 4.57. The average Bonchev–Trinajstić information content (AvgIpc) is 2.56. The number of aryl methyl sites for hydroxylation is 2. The molecule has 118 valence electrons. The van der Waals surface area contributed by atoms with Crippen LogP contribution in [0.15, 0.2) is 48.5 Å². The van der Waals surface area contributed by atoms with E-state index in [0.717, 1.165) is 0 Å². The van der Waals surface area contributed by atoms with Crippen LogP contribution in [0.25, 0.3) is 0 Å². The number of rotatable bonds is 9. The van der Waals surface area contributed by atoms with Gasteiger partial charge in [-0.3, -0.25) is 0 Å². The number of benzene rings is 2. The minimum absolute atomic E-state index is 0.664. The van der Waals surface area contributed by atoms with Gasteiger partial charge in [0.15, 0.2) is 0 Å². The average molecular weight is 359 g/mol. The van der Waals surface area contributed by atoms with Gasteiger partial charge in [0.1, 0.15) is 0 Å². The van der Waals surface area contributed by atoms with Crippen molar-refractivity contribution in [3.63, 3.8) is 0 Å². The Hall–Kier alpha value is -1.04. The van der Waals surface area contributed by atoms with E-state index in [-0.39, 0.29) is 0 Å². The molecule has 0 aliphatic heterocycles. The molecule has 2 aromatic carbocycles. The monoisotopic (exact) mass is 360 g/mol. The molecule has 0 saturated carbocycles. The first-order valence-corrected chi connectivity index (χ1v) is 11.0. The van der Waals surface area contributed by atoms with Crippen LogP contribution in [-0.4, -0.2) is 15.0 Å². The Morgan fingerprint density at radius 1 is 0.591 bits per heavy atom. The summed E-state index contributed by atoms with van der Waals surface area (Å²) in [5.41, 5.74) is 5.97. The molecule has 22 heavy (non-hydrogen) atoms. The number of hydrogen-bond donors (Lipinski definition) is 0. The maximum absolute atomic E-state index is 2.33. The molecule has 0 saturated heterocycles. The van der Waals surface area contributed by atoms with Crippen molar-refractivity contribution in [2.24, 2.45) is 0 Å². The normalized spacial score (nSPS) is 10.8. The van der Waals surface area contributed by atoms with Gasteiger partial charge in [-0.05, 0) is 0 Å². The molecule has 0 spiro atoms. The Balaban J connectivity index is 1.75. The zero-order valence-corrected chi connectivity index (χ0v) is 15.7. The summed E-state index contributed by atoms with van der Waals surface area (Å²) in [4.78, 5) is 0. The van der Waals surface area contributed by atoms with Gasteiger partial charge in [0.05, 0.1) is 0 Å². The molecule has 0 atom stereocenters. The third-order valence-electron chi connectivity index (χ3n) is 3.94. The van der Waals surface area contributed by atoms with Crippen LogP contribution in [0, 0.1) is 0 Å². The molecule has 0 amide bonds. The number of hydrogen-bond acceptors (Lipinski definition) is 0. The topological polar surface area (TPSA) is 0 Å². The molecule has 0 N–H and O–H groups in total. The maximum atomic E-state index is 2.33.